The van der Waals surface area contributed by atoms with Crippen LogP contribution in [0.3, 0.4) is 0 Å². The zero-order valence-corrected chi connectivity index (χ0v) is 13.0. The minimum Gasteiger partial charge on any atom is -0.494 e. The Bertz CT molecular complexity index is 445. The van der Waals surface area contributed by atoms with Crippen LogP contribution in [0, 0.1) is 12.8 Å². The van der Waals surface area contributed by atoms with Gasteiger partial charge in [-0.2, -0.15) is 0 Å². The maximum atomic E-state index is 6.23. The summed E-state index contributed by atoms with van der Waals surface area (Å²) in [5, 5.41) is 0.814. The summed E-state index contributed by atoms with van der Waals surface area (Å²) in [6.45, 7) is 9.11. The highest BCUT2D eigenvalue weighted by Crippen LogP contribution is 2.36. The number of epoxide rings is 1. The molecule has 0 saturated carbocycles. The molecule has 3 heteroatoms. The van der Waals surface area contributed by atoms with Crippen molar-refractivity contribution < 1.29 is 9.47 Å². The van der Waals surface area contributed by atoms with Gasteiger partial charge in [-0.05, 0) is 55.9 Å². The van der Waals surface area contributed by atoms with Gasteiger partial charge in [-0.1, -0.05) is 25.4 Å². The molecule has 0 spiro atoms. The fraction of sp³-hybridized carbons (Fsp3) is 0.625. The molecule has 106 valence electrons. The van der Waals surface area contributed by atoms with Crippen LogP contribution in [0.1, 0.15) is 38.3 Å². The Morgan fingerprint density at radius 3 is 2.68 bits per heavy atom. The Kier molecular flexibility index (Phi) is 4.75. The molecule has 1 heterocycles. The smallest absolute Gasteiger partial charge is 0.122 e. The van der Waals surface area contributed by atoms with E-state index in [1.807, 2.05) is 26.0 Å². The van der Waals surface area contributed by atoms with Crippen LogP contribution in [0.25, 0.3) is 0 Å². The number of benzene rings is 1. The van der Waals surface area contributed by atoms with Crippen LogP contribution in [0.5, 0.6) is 5.75 Å². The molecule has 1 saturated heterocycles. The van der Waals surface area contributed by atoms with Crippen LogP contribution < -0.4 is 4.74 Å². The Labute approximate surface area is 121 Å². The van der Waals surface area contributed by atoms with Gasteiger partial charge in [0.05, 0.1) is 18.8 Å². The summed E-state index contributed by atoms with van der Waals surface area (Å²) in [6.07, 6.45) is 2.91. The van der Waals surface area contributed by atoms with Crippen LogP contribution in [-0.4, -0.2) is 18.8 Å². The first kappa shape index (κ1) is 14.7. The van der Waals surface area contributed by atoms with E-state index in [1.165, 1.54) is 5.56 Å². The SMILES string of the molecule is CCOc1cc(C)c(Cl)cc1CC(C)C1OC1CC. The predicted octanol–water partition coefficient (Wildman–Crippen LogP) is 4.40. The standard InChI is InChI=1S/C16H23ClO2/c1-5-14-16(19-14)11(4)7-12-9-13(17)10(3)8-15(12)18-6-2/h8-9,11,14,16H,5-7H2,1-4H3. The third-order valence-electron chi connectivity index (χ3n) is 3.77. The summed E-state index contributed by atoms with van der Waals surface area (Å²) in [5.41, 5.74) is 2.26. The largest absolute Gasteiger partial charge is 0.494 e. The number of ether oxygens (including phenoxy) is 2. The van der Waals surface area contributed by atoms with Crippen LogP contribution in [-0.2, 0) is 11.2 Å². The fourth-order valence-corrected chi connectivity index (χ4v) is 2.78. The van der Waals surface area contributed by atoms with Crippen LogP contribution >= 0.6 is 11.6 Å². The summed E-state index contributed by atoms with van der Waals surface area (Å²) in [4.78, 5) is 0. The fourth-order valence-electron chi connectivity index (χ4n) is 2.59. The van der Waals surface area contributed by atoms with Crippen molar-refractivity contribution in [1.82, 2.24) is 0 Å². The Morgan fingerprint density at radius 2 is 2.11 bits per heavy atom. The van der Waals surface area contributed by atoms with Gasteiger partial charge in [-0.15, -0.1) is 0 Å². The maximum Gasteiger partial charge on any atom is 0.122 e. The molecule has 0 amide bonds. The second kappa shape index (κ2) is 6.15. The summed E-state index contributed by atoms with van der Waals surface area (Å²) in [6, 6.07) is 4.08. The van der Waals surface area contributed by atoms with E-state index in [0.29, 0.717) is 24.7 Å². The molecule has 0 radical (unpaired) electrons. The lowest BCUT2D eigenvalue weighted by atomic mass is 9.94. The zero-order chi connectivity index (χ0) is 14.0. The van der Waals surface area contributed by atoms with Crippen molar-refractivity contribution >= 4 is 11.6 Å². The van der Waals surface area contributed by atoms with E-state index >= 15 is 0 Å². The molecule has 0 aromatic heterocycles. The van der Waals surface area contributed by atoms with Gasteiger partial charge in [-0.3, -0.25) is 0 Å². The topological polar surface area (TPSA) is 21.8 Å². The van der Waals surface area contributed by atoms with Crippen molar-refractivity contribution in [2.45, 2.75) is 52.7 Å². The maximum absolute atomic E-state index is 6.23. The molecule has 19 heavy (non-hydrogen) atoms. The molecule has 3 atom stereocenters. The highest BCUT2D eigenvalue weighted by molar-refractivity contribution is 6.31. The first-order valence-corrected chi connectivity index (χ1v) is 7.51. The highest BCUT2D eigenvalue weighted by Gasteiger charge is 2.41. The highest BCUT2D eigenvalue weighted by atomic mass is 35.5. The minimum atomic E-state index is 0.402. The Balaban J connectivity index is 2.12. The normalized spacial score (nSPS) is 23.2. The molecule has 0 aliphatic carbocycles. The Morgan fingerprint density at radius 1 is 1.37 bits per heavy atom. The van der Waals surface area contributed by atoms with E-state index in [1.54, 1.807) is 0 Å². The molecule has 2 rings (SSSR count). The average molecular weight is 283 g/mol. The van der Waals surface area contributed by atoms with Crippen molar-refractivity contribution in [3.8, 4) is 5.75 Å². The van der Waals surface area contributed by atoms with Gasteiger partial charge in [0.1, 0.15) is 5.75 Å². The molecule has 1 fully saturated rings. The van der Waals surface area contributed by atoms with Gasteiger partial charge < -0.3 is 9.47 Å². The molecule has 1 aromatic rings. The first-order valence-electron chi connectivity index (χ1n) is 7.14. The Hall–Kier alpha value is -0.730. The van der Waals surface area contributed by atoms with Crippen molar-refractivity contribution in [2.75, 3.05) is 6.61 Å². The second-order valence-electron chi connectivity index (χ2n) is 5.37. The van der Waals surface area contributed by atoms with Crippen LogP contribution in [0.2, 0.25) is 5.02 Å². The number of hydrogen-bond acceptors (Lipinski definition) is 2. The van der Waals surface area contributed by atoms with Crippen LogP contribution in [0.15, 0.2) is 12.1 Å². The third-order valence-corrected chi connectivity index (χ3v) is 4.18. The molecule has 0 bridgehead atoms. The molecule has 2 nitrogen and oxygen atoms in total. The van der Waals surface area contributed by atoms with Crippen molar-refractivity contribution in [2.24, 2.45) is 5.92 Å². The van der Waals surface area contributed by atoms with Crippen molar-refractivity contribution in [3.05, 3.63) is 28.3 Å². The van der Waals surface area contributed by atoms with Gasteiger partial charge in [0, 0.05) is 5.02 Å². The van der Waals surface area contributed by atoms with Gasteiger partial charge in [-0.25, -0.2) is 0 Å². The number of hydrogen-bond donors (Lipinski definition) is 0. The van der Waals surface area contributed by atoms with Crippen molar-refractivity contribution in [3.63, 3.8) is 0 Å². The summed E-state index contributed by atoms with van der Waals surface area (Å²) in [7, 11) is 0. The van der Waals surface area contributed by atoms with E-state index < -0.39 is 0 Å². The summed E-state index contributed by atoms with van der Waals surface area (Å²) < 4.78 is 11.4. The number of rotatable bonds is 6. The van der Waals surface area contributed by atoms with Crippen LogP contribution in [0.4, 0.5) is 0 Å². The van der Waals surface area contributed by atoms with Crippen molar-refractivity contribution in [1.29, 1.82) is 0 Å². The molecule has 1 aliphatic heterocycles. The molecular formula is C16H23ClO2. The third kappa shape index (κ3) is 3.43. The lowest BCUT2D eigenvalue weighted by molar-refractivity contribution is 0.314. The predicted molar refractivity (Wildman–Crippen MR) is 79.2 cm³/mol. The first-order chi connectivity index (χ1) is 9.06. The number of halogens is 1. The van der Waals surface area contributed by atoms with E-state index in [-0.39, 0.29) is 0 Å². The monoisotopic (exact) mass is 282 g/mol. The zero-order valence-electron chi connectivity index (χ0n) is 12.2. The minimum absolute atomic E-state index is 0.402. The van der Waals surface area contributed by atoms with E-state index in [0.717, 1.165) is 29.2 Å². The van der Waals surface area contributed by atoms with Gasteiger partial charge in [0.25, 0.3) is 0 Å². The lowest BCUT2D eigenvalue weighted by Crippen LogP contribution is -2.11. The summed E-state index contributed by atoms with van der Waals surface area (Å²) >= 11 is 6.23. The van der Waals surface area contributed by atoms with Gasteiger partial charge in [0.15, 0.2) is 0 Å². The van der Waals surface area contributed by atoms with E-state index in [2.05, 4.69) is 13.8 Å². The summed E-state index contributed by atoms with van der Waals surface area (Å²) in [5.74, 6) is 1.47. The van der Waals surface area contributed by atoms with Gasteiger partial charge >= 0.3 is 0 Å². The molecule has 0 N–H and O–H groups in total. The quantitative estimate of drug-likeness (QED) is 0.721. The molecular weight excluding hydrogens is 260 g/mol. The second-order valence-corrected chi connectivity index (χ2v) is 5.78. The molecule has 1 aromatic carbocycles. The molecule has 3 unspecified atom stereocenters. The van der Waals surface area contributed by atoms with E-state index in [4.69, 9.17) is 21.1 Å². The number of aryl methyl sites for hydroxylation is 1. The lowest BCUT2D eigenvalue weighted by Gasteiger charge is -2.15. The molecule has 1 aliphatic rings. The van der Waals surface area contributed by atoms with E-state index in [9.17, 15) is 0 Å². The average Bonchev–Trinajstić information content (AvgIpc) is 3.15. The van der Waals surface area contributed by atoms with Gasteiger partial charge in [0.2, 0.25) is 0 Å².